The fourth-order valence-electron chi connectivity index (χ4n) is 2.36. The highest BCUT2D eigenvalue weighted by molar-refractivity contribution is 6.30. The summed E-state index contributed by atoms with van der Waals surface area (Å²) in [6, 6.07) is 9.55. The Bertz CT molecular complexity index is 714. The second-order valence-electron chi connectivity index (χ2n) is 5.39. The Labute approximate surface area is 150 Å². The number of aliphatic hydroxyl groups excluding tert-OH is 2. The van der Waals surface area contributed by atoms with Gasteiger partial charge in [-0.2, -0.15) is 0 Å². The lowest BCUT2D eigenvalue weighted by Crippen LogP contribution is -2.30. The molecule has 0 aliphatic rings. The van der Waals surface area contributed by atoms with E-state index in [2.05, 4.69) is 5.32 Å². The van der Waals surface area contributed by atoms with Crippen molar-refractivity contribution in [3.63, 3.8) is 0 Å². The van der Waals surface area contributed by atoms with Gasteiger partial charge >= 0.3 is 0 Å². The number of hydrogen-bond donors (Lipinski definition) is 3. The molecule has 2 aromatic rings. The molecule has 0 saturated heterocycles. The molecule has 0 heterocycles. The van der Waals surface area contributed by atoms with Crippen LogP contribution >= 0.6 is 11.6 Å². The Kier molecular flexibility index (Phi) is 7.18. The third kappa shape index (κ3) is 5.70. The summed E-state index contributed by atoms with van der Waals surface area (Å²) in [5, 5.41) is 21.9. The summed E-state index contributed by atoms with van der Waals surface area (Å²) < 4.78 is 18.7. The third-order valence-corrected chi connectivity index (χ3v) is 3.76. The van der Waals surface area contributed by atoms with Crippen LogP contribution in [-0.2, 0) is 24.4 Å². The molecule has 0 bridgehead atoms. The van der Waals surface area contributed by atoms with Gasteiger partial charge in [0, 0.05) is 22.7 Å². The molecule has 1 amide bonds. The molecule has 0 spiro atoms. The van der Waals surface area contributed by atoms with Gasteiger partial charge in [-0.05, 0) is 36.2 Å². The Morgan fingerprint density at radius 2 is 1.84 bits per heavy atom. The second-order valence-corrected chi connectivity index (χ2v) is 5.82. The first kappa shape index (κ1) is 19.2. The van der Waals surface area contributed by atoms with Crippen LogP contribution in [0.5, 0.6) is 5.75 Å². The molecule has 5 nitrogen and oxygen atoms in total. The summed E-state index contributed by atoms with van der Waals surface area (Å²) in [5.41, 5.74) is 1.35. The van der Waals surface area contributed by atoms with Crippen LogP contribution in [0.1, 0.15) is 16.7 Å². The Morgan fingerprint density at radius 1 is 1.16 bits per heavy atom. The first-order valence-electron chi connectivity index (χ1n) is 7.70. The smallest absolute Gasteiger partial charge is 0.257 e. The topological polar surface area (TPSA) is 78.8 Å². The Morgan fingerprint density at radius 3 is 2.44 bits per heavy atom. The van der Waals surface area contributed by atoms with E-state index < -0.39 is 19.0 Å². The van der Waals surface area contributed by atoms with Crippen LogP contribution in [-0.4, -0.2) is 29.3 Å². The van der Waals surface area contributed by atoms with Gasteiger partial charge in [0.25, 0.3) is 5.91 Å². The zero-order chi connectivity index (χ0) is 18.2. The van der Waals surface area contributed by atoms with Crippen LogP contribution in [0.15, 0.2) is 36.4 Å². The van der Waals surface area contributed by atoms with Gasteiger partial charge in [0.15, 0.2) is 6.61 Å². The van der Waals surface area contributed by atoms with E-state index in [4.69, 9.17) is 16.3 Å². The summed E-state index contributed by atoms with van der Waals surface area (Å²) in [6.45, 7) is -0.820. The second kappa shape index (κ2) is 9.36. The fraction of sp³-hybridized carbons (Fsp3) is 0.278. The van der Waals surface area contributed by atoms with Crippen LogP contribution in [0.25, 0.3) is 0 Å². The van der Waals surface area contributed by atoms with Gasteiger partial charge < -0.3 is 20.3 Å². The van der Waals surface area contributed by atoms with E-state index in [1.807, 2.05) is 18.2 Å². The molecule has 2 rings (SSSR count). The first-order chi connectivity index (χ1) is 12.0. The lowest BCUT2D eigenvalue weighted by molar-refractivity contribution is -0.123. The van der Waals surface area contributed by atoms with E-state index >= 15 is 0 Å². The number of carbonyl (C=O) groups is 1. The number of carbonyl (C=O) groups excluding carboxylic acids is 1. The predicted molar refractivity (Wildman–Crippen MR) is 91.9 cm³/mol. The summed E-state index contributed by atoms with van der Waals surface area (Å²) in [7, 11) is 0. The maximum absolute atomic E-state index is 13.4. The number of rotatable bonds is 8. The van der Waals surface area contributed by atoms with Crippen LogP contribution < -0.4 is 10.1 Å². The quantitative estimate of drug-likeness (QED) is 0.668. The average molecular weight is 368 g/mol. The van der Waals surface area contributed by atoms with Gasteiger partial charge in [0.2, 0.25) is 0 Å². The number of halogens is 2. The van der Waals surface area contributed by atoms with E-state index in [9.17, 15) is 19.4 Å². The van der Waals surface area contributed by atoms with E-state index in [-0.39, 0.29) is 29.4 Å². The molecule has 3 N–H and O–H groups in total. The lowest BCUT2D eigenvalue weighted by atomic mass is 10.1. The van der Waals surface area contributed by atoms with Crippen molar-refractivity contribution in [1.82, 2.24) is 5.32 Å². The molecule has 134 valence electrons. The molecule has 0 aliphatic carbocycles. The molecule has 0 radical (unpaired) electrons. The first-order valence-corrected chi connectivity index (χ1v) is 8.08. The molecule has 2 aromatic carbocycles. The fourth-order valence-corrected chi connectivity index (χ4v) is 2.57. The third-order valence-electron chi connectivity index (χ3n) is 3.52. The van der Waals surface area contributed by atoms with E-state index in [1.54, 1.807) is 6.07 Å². The summed E-state index contributed by atoms with van der Waals surface area (Å²) in [6.07, 6.45) is 0.618. The molecule has 0 atom stereocenters. The van der Waals surface area contributed by atoms with Gasteiger partial charge in [0.05, 0.1) is 13.2 Å². The number of aliphatic hydroxyl groups is 2. The van der Waals surface area contributed by atoms with Gasteiger partial charge in [-0.25, -0.2) is 4.39 Å². The number of amides is 1. The van der Waals surface area contributed by atoms with Gasteiger partial charge in [-0.15, -0.1) is 0 Å². The lowest BCUT2D eigenvalue weighted by Gasteiger charge is -2.14. The zero-order valence-electron chi connectivity index (χ0n) is 13.5. The van der Waals surface area contributed by atoms with Gasteiger partial charge in [-0.1, -0.05) is 23.7 Å². The molecular formula is C18H19ClFNO4. The monoisotopic (exact) mass is 367 g/mol. The molecule has 0 aliphatic heterocycles. The highest BCUT2D eigenvalue weighted by Crippen LogP contribution is 2.26. The van der Waals surface area contributed by atoms with Gasteiger partial charge in [-0.3, -0.25) is 4.79 Å². The SMILES string of the molecule is O=C(COc1c(CO)cc(F)cc1CO)NCCc1cccc(Cl)c1. The average Bonchev–Trinajstić information content (AvgIpc) is 2.59. The molecule has 0 unspecified atom stereocenters. The summed E-state index contributed by atoms with van der Waals surface area (Å²) in [5.74, 6) is -0.832. The zero-order valence-corrected chi connectivity index (χ0v) is 14.2. The standard InChI is InChI=1S/C18H19ClFNO4/c19-15-3-1-2-12(6-15)4-5-21-17(24)11-25-18-13(9-22)7-16(20)8-14(18)10-23/h1-3,6-8,22-23H,4-5,9-11H2,(H,21,24). The highest BCUT2D eigenvalue weighted by atomic mass is 35.5. The number of nitrogens with one attached hydrogen (secondary N) is 1. The van der Waals surface area contributed by atoms with Crippen molar-refractivity contribution in [3.05, 3.63) is 63.9 Å². The van der Waals surface area contributed by atoms with E-state index in [1.165, 1.54) is 0 Å². The largest absolute Gasteiger partial charge is 0.483 e. The minimum atomic E-state index is -0.591. The number of ether oxygens (including phenoxy) is 1. The molecule has 0 aromatic heterocycles. The van der Waals surface area contributed by atoms with Crippen molar-refractivity contribution in [3.8, 4) is 5.75 Å². The van der Waals surface area contributed by atoms with Crippen molar-refractivity contribution >= 4 is 17.5 Å². The maximum Gasteiger partial charge on any atom is 0.257 e. The van der Waals surface area contributed by atoms with Crippen molar-refractivity contribution in [2.75, 3.05) is 13.2 Å². The Hall–Kier alpha value is -2.15. The maximum atomic E-state index is 13.4. The minimum absolute atomic E-state index is 0.122. The van der Waals surface area contributed by atoms with Crippen LogP contribution in [0.4, 0.5) is 4.39 Å². The molecule has 0 saturated carbocycles. The summed E-state index contributed by atoms with van der Waals surface area (Å²) >= 11 is 5.90. The van der Waals surface area contributed by atoms with Gasteiger partial charge in [0.1, 0.15) is 11.6 Å². The molecule has 7 heteroatoms. The van der Waals surface area contributed by atoms with Crippen molar-refractivity contribution < 1.29 is 24.1 Å². The molecule has 0 fully saturated rings. The van der Waals surface area contributed by atoms with Crippen molar-refractivity contribution in [2.24, 2.45) is 0 Å². The van der Waals surface area contributed by atoms with Crippen LogP contribution in [0.2, 0.25) is 5.02 Å². The van der Waals surface area contributed by atoms with Crippen molar-refractivity contribution in [1.29, 1.82) is 0 Å². The molecular weight excluding hydrogens is 349 g/mol. The number of hydrogen-bond acceptors (Lipinski definition) is 4. The van der Waals surface area contributed by atoms with E-state index in [0.717, 1.165) is 17.7 Å². The molecule has 25 heavy (non-hydrogen) atoms. The minimum Gasteiger partial charge on any atom is -0.483 e. The normalized spacial score (nSPS) is 10.6. The van der Waals surface area contributed by atoms with Crippen molar-refractivity contribution in [2.45, 2.75) is 19.6 Å². The highest BCUT2D eigenvalue weighted by Gasteiger charge is 2.13. The summed E-state index contributed by atoms with van der Waals surface area (Å²) in [4.78, 5) is 11.9. The van der Waals surface area contributed by atoms with Crippen LogP contribution in [0, 0.1) is 5.82 Å². The Balaban J connectivity index is 1.87. The predicted octanol–water partition coefficient (Wildman–Crippen LogP) is 2.20. The number of benzene rings is 2. The van der Waals surface area contributed by atoms with E-state index in [0.29, 0.717) is 18.0 Å². The van der Waals surface area contributed by atoms with Crippen LogP contribution in [0.3, 0.4) is 0 Å².